The lowest BCUT2D eigenvalue weighted by molar-refractivity contribution is -0.140. The normalized spacial score (nSPS) is 12.2. The number of fused-ring (bicyclic) bond motifs is 1. The Labute approximate surface area is 212 Å². The van der Waals surface area contributed by atoms with Crippen LogP contribution in [0.15, 0.2) is 89.7 Å². The van der Waals surface area contributed by atoms with Crippen molar-refractivity contribution in [3.8, 4) is 11.3 Å². The van der Waals surface area contributed by atoms with Crippen LogP contribution >= 0.6 is 0 Å². The Kier molecular flexibility index (Phi) is 8.05. The SMILES string of the molecule is O=C(O)CC(=O)CC(O)C=Cc1c(-c2ccc(F)cc2)n(CCc2ccccc2)c(=O)c2ccccc12. The number of aryl methyl sites for hydroxylation is 1. The molecular weight excluding hydrogens is 473 g/mol. The molecule has 0 radical (unpaired) electrons. The van der Waals surface area contributed by atoms with Gasteiger partial charge in [-0.2, -0.15) is 0 Å². The zero-order chi connectivity index (χ0) is 26.4. The van der Waals surface area contributed by atoms with Crippen molar-refractivity contribution < 1.29 is 24.2 Å². The summed E-state index contributed by atoms with van der Waals surface area (Å²) in [6, 6.07) is 22.7. The monoisotopic (exact) mass is 499 g/mol. The predicted octanol–water partition coefficient (Wildman–Crippen LogP) is 4.86. The topological polar surface area (TPSA) is 96.6 Å². The molecular formula is C30H26FNO5. The van der Waals surface area contributed by atoms with Gasteiger partial charge in [-0.1, -0.05) is 60.7 Å². The van der Waals surface area contributed by atoms with E-state index in [2.05, 4.69) is 0 Å². The molecule has 0 aliphatic rings. The highest BCUT2D eigenvalue weighted by Crippen LogP contribution is 2.30. The Morgan fingerprint density at radius 3 is 2.24 bits per heavy atom. The maximum absolute atomic E-state index is 13.8. The number of carbonyl (C=O) groups is 2. The number of aromatic nitrogens is 1. The maximum atomic E-state index is 13.8. The van der Waals surface area contributed by atoms with E-state index in [-0.39, 0.29) is 12.0 Å². The molecule has 188 valence electrons. The highest BCUT2D eigenvalue weighted by Gasteiger charge is 2.18. The smallest absolute Gasteiger partial charge is 0.310 e. The fourth-order valence-corrected chi connectivity index (χ4v) is 4.36. The standard InChI is InChI=1S/C30H26FNO5/c31-22-12-10-21(11-13-22)29-26(15-14-23(33)18-24(34)19-28(35)36)25-8-4-5-9-27(25)30(37)32(29)17-16-20-6-2-1-3-7-20/h1-15,23,33H,16-19H2,(H,35,36). The van der Waals surface area contributed by atoms with Gasteiger partial charge in [0.15, 0.2) is 0 Å². The molecule has 0 saturated heterocycles. The first-order chi connectivity index (χ1) is 17.8. The second-order valence-electron chi connectivity index (χ2n) is 8.75. The van der Waals surface area contributed by atoms with E-state index in [1.165, 1.54) is 18.2 Å². The van der Waals surface area contributed by atoms with Crippen molar-refractivity contribution >= 4 is 28.6 Å². The van der Waals surface area contributed by atoms with Gasteiger partial charge in [0.05, 0.1) is 11.8 Å². The van der Waals surface area contributed by atoms with Crippen molar-refractivity contribution in [2.45, 2.75) is 31.9 Å². The number of hydrogen-bond acceptors (Lipinski definition) is 4. The molecule has 6 nitrogen and oxygen atoms in total. The molecule has 37 heavy (non-hydrogen) atoms. The van der Waals surface area contributed by atoms with Gasteiger partial charge < -0.3 is 14.8 Å². The van der Waals surface area contributed by atoms with Crippen molar-refractivity contribution in [3.05, 3.63) is 112 Å². The van der Waals surface area contributed by atoms with Crippen molar-refractivity contribution in [1.29, 1.82) is 0 Å². The molecule has 4 rings (SSSR count). The van der Waals surface area contributed by atoms with Crippen LogP contribution in [-0.2, 0) is 22.6 Å². The molecule has 1 unspecified atom stereocenters. The highest BCUT2D eigenvalue weighted by atomic mass is 19.1. The van der Waals surface area contributed by atoms with Crippen LogP contribution in [0.2, 0.25) is 0 Å². The zero-order valence-electron chi connectivity index (χ0n) is 20.0. The fraction of sp³-hybridized carbons (Fsp3) is 0.167. The number of carboxylic acid groups (broad SMARTS) is 1. The van der Waals surface area contributed by atoms with E-state index in [4.69, 9.17) is 5.11 Å². The number of carbonyl (C=O) groups excluding carboxylic acids is 1. The Balaban J connectivity index is 1.86. The number of halogens is 1. The highest BCUT2D eigenvalue weighted by molar-refractivity contribution is 5.96. The van der Waals surface area contributed by atoms with E-state index in [1.807, 2.05) is 30.3 Å². The summed E-state index contributed by atoms with van der Waals surface area (Å²) in [4.78, 5) is 36.3. The van der Waals surface area contributed by atoms with Crippen LogP contribution in [0.5, 0.6) is 0 Å². The van der Waals surface area contributed by atoms with Crippen molar-refractivity contribution in [2.75, 3.05) is 0 Å². The molecule has 0 fully saturated rings. The third-order valence-corrected chi connectivity index (χ3v) is 6.07. The Hall–Kier alpha value is -4.36. The van der Waals surface area contributed by atoms with E-state index in [0.29, 0.717) is 40.6 Å². The number of aliphatic hydroxyl groups excluding tert-OH is 1. The summed E-state index contributed by atoms with van der Waals surface area (Å²) in [5, 5.41) is 20.4. The first-order valence-corrected chi connectivity index (χ1v) is 11.9. The first kappa shape index (κ1) is 25.7. The molecule has 1 aromatic heterocycles. The molecule has 3 aromatic carbocycles. The van der Waals surface area contributed by atoms with Gasteiger partial charge in [-0.3, -0.25) is 14.4 Å². The van der Waals surface area contributed by atoms with Gasteiger partial charge in [-0.05, 0) is 53.3 Å². The minimum Gasteiger partial charge on any atom is -0.481 e. The number of aliphatic carboxylic acids is 1. The second-order valence-corrected chi connectivity index (χ2v) is 8.75. The van der Waals surface area contributed by atoms with Gasteiger partial charge in [-0.15, -0.1) is 0 Å². The number of benzene rings is 3. The van der Waals surface area contributed by atoms with E-state index in [9.17, 15) is 23.9 Å². The number of hydrogen-bond donors (Lipinski definition) is 2. The molecule has 1 heterocycles. The zero-order valence-corrected chi connectivity index (χ0v) is 20.0. The molecule has 0 saturated carbocycles. The van der Waals surface area contributed by atoms with Gasteiger partial charge in [0, 0.05) is 23.9 Å². The Morgan fingerprint density at radius 2 is 1.57 bits per heavy atom. The molecule has 0 bridgehead atoms. The average molecular weight is 500 g/mol. The third kappa shape index (κ3) is 6.26. The average Bonchev–Trinajstić information content (AvgIpc) is 2.88. The molecule has 7 heteroatoms. The van der Waals surface area contributed by atoms with Crippen LogP contribution in [0.3, 0.4) is 0 Å². The van der Waals surface area contributed by atoms with E-state index >= 15 is 0 Å². The Bertz CT molecular complexity index is 1510. The lowest BCUT2D eigenvalue weighted by atomic mass is 9.97. The van der Waals surface area contributed by atoms with Gasteiger partial charge >= 0.3 is 5.97 Å². The lowest BCUT2D eigenvalue weighted by Gasteiger charge is -2.19. The molecule has 0 spiro atoms. The quantitative estimate of drug-likeness (QED) is 0.304. The number of Topliss-reactive ketones (excluding diaryl/α,β-unsaturated/α-hetero) is 1. The summed E-state index contributed by atoms with van der Waals surface area (Å²) in [7, 11) is 0. The second kappa shape index (κ2) is 11.6. The van der Waals surface area contributed by atoms with Gasteiger partial charge in [0.25, 0.3) is 5.56 Å². The molecule has 0 aliphatic carbocycles. The van der Waals surface area contributed by atoms with E-state index in [1.54, 1.807) is 47.0 Å². The summed E-state index contributed by atoms with van der Waals surface area (Å²) < 4.78 is 15.4. The van der Waals surface area contributed by atoms with Crippen LogP contribution in [-0.4, -0.2) is 32.6 Å². The number of rotatable bonds is 10. The van der Waals surface area contributed by atoms with Crippen LogP contribution in [0.25, 0.3) is 28.1 Å². The van der Waals surface area contributed by atoms with E-state index < -0.39 is 30.1 Å². The molecule has 4 aromatic rings. The van der Waals surface area contributed by atoms with Crippen molar-refractivity contribution in [2.24, 2.45) is 0 Å². The summed E-state index contributed by atoms with van der Waals surface area (Å²) >= 11 is 0. The number of ketones is 1. The summed E-state index contributed by atoms with van der Waals surface area (Å²) in [6.07, 6.45) is 1.41. The van der Waals surface area contributed by atoms with Gasteiger partial charge in [-0.25, -0.2) is 4.39 Å². The van der Waals surface area contributed by atoms with Crippen LogP contribution in [0.4, 0.5) is 4.39 Å². The van der Waals surface area contributed by atoms with Gasteiger partial charge in [0.1, 0.15) is 18.0 Å². The molecule has 2 N–H and O–H groups in total. The van der Waals surface area contributed by atoms with Crippen molar-refractivity contribution in [3.63, 3.8) is 0 Å². The molecule has 0 aliphatic heterocycles. The fourth-order valence-electron chi connectivity index (χ4n) is 4.36. The van der Waals surface area contributed by atoms with Crippen LogP contribution < -0.4 is 5.56 Å². The lowest BCUT2D eigenvalue weighted by Crippen LogP contribution is -2.24. The predicted molar refractivity (Wildman–Crippen MR) is 141 cm³/mol. The summed E-state index contributed by atoms with van der Waals surface area (Å²) in [6.45, 7) is 0.362. The third-order valence-electron chi connectivity index (χ3n) is 6.07. The van der Waals surface area contributed by atoms with E-state index in [0.717, 1.165) is 5.56 Å². The number of pyridine rings is 1. The minimum atomic E-state index is -1.25. The van der Waals surface area contributed by atoms with Crippen LogP contribution in [0.1, 0.15) is 24.0 Å². The first-order valence-electron chi connectivity index (χ1n) is 11.9. The summed E-state index contributed by atoms with van der Waals surface area (Å²) in [5.74, 6) is -2.26. The van der Waals surface area contributed by atoms with Crippen LogP contribution in [0, 0.1) is 5.82 Å². The van der Waals surface area contributed by atoms with Crippen molar-refractivity contribution in [1.82, 2.24) is 4.57 Å². The Morgan fingerprint density at radius 1 is 0.919 bits per heavy atom. The number of carboxylic acids is 1. The number of nitrogens with zero attached hydrogens (tertiary/aromatic N) is 1. The summed E-state index contributed by atoms with van der Waals surface area (Å²) in [5.41, 5.74) is 2.66. The maximum Gasteiger partial charge on any atom is 0.310 e. The van der Waals surface area contributed by atoms with Gasteiger partial charge in [0.2, 0.25) is 0 Å². The molecule has 1 atom stereocenters. The largest absolute Gasteiger partial charge is 0.481 e. The molecule has 0 amide bonds. The number of aliphatic hydroxyl groups is 1. The minimum absolute atomic E-state index is 0.194.